The lowest BCUT2D eigenvalue weighted by Crippen LogP contribution is -2.23. The number of halogens is 1. The third kappa shape index (κ3) is 10.9. The molecule has 0 saturated carbocycles. The second-order valence-electron chi connectivity index (χ2n) is 8.30. The summed E-state index contributed by atoms with van der Waals surface area (Å²) in [6.07, 6.45) is 2.85. The summed E-state index contributed by atoms with van der Waals surface area (Å²) in [7, 11) is 3.18. The van der Waals surface area contributed by atoms with Crippen molar-refractivity contribution in [2.24, 2.45) is 15.7 Å². The second-order valence-corrected chi connectivity index (χ2v) is 8.82. The molecular formula is C26H35FN4O4S. The van der Waals surface area contributed by atoms with Crippen LogP contribution in [0.1, 0.15) is 42.4 Å². The summed E-state index contributed by atoms with van der Waals surface area (Å²) in [5, 5.41) is 1.28. The maximum absolute atomic E-state index is 14.4. The zero-order valence-electron chi connectivity index (χ0n) is 21.3. The van der Waals surface area contributed by atoms with Gasteiger partial charge in [0.05, 0.1) is 13.7 Å². The van der Waals surface area contributed by atoms with Gasteiger partial charge >= 0.3 is 5.97 Å². The number of nitrogens with zero attached hydrogens (tertiary/aromatic N) is 3. The predicted molar refractivity (Wildman–Crippen MR) is 142 cm³/mol. The number of hydroxylamine groups is 2. The maximum Gasteiger partial charge on any atom is 0.306 e. The number of ether oxygens (including phenoxy) is 1. The Balaban J connectivity index is 2.00. The van der Waals surface area contributed by atoms with Gasteiger partial charge in [0.1, 0.15) is 29.8 Å². The number of thiol groups is 1. The fourth-order valence-electron chi connectivity index (χ4n) is 3.21. The van der Waals surface area contributed by atoms with Crippen LogP contribution in [0.25, 0.3) is 0 Å². The number of aliphatic imine (C=N–C) groups is 2. The van der Waals surface area contributed by atoms with E-state index >= 15 is 0 Å². The molecule has 0 heterocycles. The zero-order chi connectivity index (χ0) is 26.5. The van der Waals surface area contributed by atoms with Gasteiger partial charge in [-0.1, -0.05) is 35.4 Å². The summed E-state index contributed by atoms with van der Waals surface area (Å²) >= 11 is 4.15. The molecule has 0 saturated heterocycles. The van der Waals surface area contributed by atoms with Crippen molar-refractivity contribution < 1.29 is 23.6 Å². The van der Waals surface area contributed by atoms with E-state index < -0.39 is 5.82 Å². The van der Waals surface area contributed by atoms with E-state index in [9.17, 15) is 9.18 Å². The standard InChI is InChI=1S/C26H35FN4O4S/c1-18-9-10-19(2)20(14-18)15-25(29-23-12-11-21(36)16-22(23)27)30-24(28)17-34-26(32)8-6-5-7-13-35-31(3)33-4/h9-12,14,16,36H,5-8,13,15,17H2,1-4H3,(H2,28,29,30). The van der Waals surface area contributed by atoms with E-state index in [1.165, 1.54) is 24.5 Å². The SMILES string of the molecule is CON(C)OCCCCCC(=O)OCC(N)=NC(Cc1cc(C)ccc1C)=Nc1ccc(S)cc1F. The Morgan fingerprint density at radius 1 is 1.14 bits per heavy atom. The molecule has 0 aliphatic carbocycles. The van der Waals surface area contributed by atoms with E-state index in [1.807, 2.05) is 32.0 Å². The van der Waals surface area contributed by atoms with Crippen molar-refractivity contribution in [3.8, 4) is 0 Å². The molecule has 0 fully saturated rings. The third-order valence-electron chi connectivity index (χ3n) is 5.24. The van der Waals surface area contributed by atoms with Gasteiger partial charge < -0.3 is 10.5 Å². The Bertz CT molecular complexity index is 1080. The average molecular weight is 519 g/mol. The summed E-state index contributed by atoms with van der Waals surface area (Å²) < 4.78 is 19.7. The van der Waals surface area contributed by atoms with Gasteiger partial charge in [0.2, 0.25) is 0 Å². The van der Waals surface area contributed by atoms with Gasteiger partial charge in [-0.15, -0.1) is 12.6 Å². The molecule has 8 nitrogen and oxygen atoms in total. The monoisotopic (exact) mass is 518 g/mol. The molecule has 0 spiro atoms. The Morgan fingerprint density at radius 2 is 1.92 bits per heavy atom. The van der Waals surface area contributed by atoms with Crippen LogP contribution < -0.4 is 5.73 Å². The van der Waals surface area contributed by atoms with Crippen molar-refractivity contribution in [3.05, 3.63) is 58.9 Å². The number of benzene rings is 2. The Hall–Kier alpha value is -2.79. The smallest absolute Gasteiger partial charge is 0.306 e. The topological polar surface area (TPSA) is 98.7 Å². The number of carbonyl (C=O) groups excluding carboxylic acids is 1. The second kappa shape index (κ2) is 15.4. The van der Waals surface area contributed by atoms with E-state index in [0.717, 1.165) is 29.5 Å². The normalized spacial score (nSPS) is 12.3. The lowest BCUT2D eigenvalue weighted by Gasteiger charge is -2.12. The third-order valence-corrected chi connectivity index (χ3v) is 5.52. The highest BCUT2D eigenvalue weighted by Gasteiger charge is 2.10. The van der Waals surface area contributed by atoms with Gasteiger partial charge in [-0.3, -0.25) is 14.5 Å². The lowest BCUT2D eigenvalue weighted by molar-refractivity contribution is -0.340. The first-order valence-corrected chi connectivity index (χ1v) is 12.1. The van der Waals surface area contributed by atoms with Crippen molar-refractivity contribution in [2.45, 2.75) is 50.8 Å². The van der Waals surface area contributed by atoms with Crippen molar-refractivity contribution in [2.75, 3.05) is 27.4 Å². The average Bonchev–Trinajstić information content (AvgIpc) is 2.83. The van der Waals surface area contributed by atoms with Gasteiger partial charge in [0.15, 0.2) is 0 Å². The zero-order valence-corrected chi connectivity index (χ0v) is 22.2. The Kier molecular flexibility index (Phi) is 12.6. The molecule has 2 rings (SSSR count). The number of aryl methyl sites for hydroxylation is 2. The first-order chi connectivity index (χ1) is 17.2. The number of rotatable bonds is 13. The first kappa shape index (κ1) is 29.4. The molecule has 0 aromatic heterocycles. The molecule has 0 radical (unpaired) electrons. The molecule has 36 heavy (non-hydrogen) atoms. The van der Waals surface area contributed by atoms with E-state index in [0.29, 0.717) is 30.2 Å². The fraction of sp³-hybridized carbons (Fsp3) is 0.423. The number of hydrogen-bond donors (Lipinski definition) is 2. The largest absolute Gasteiger partial charge is 0.458 e. The molecule has 2 N–H and O–H groups in total. The van der Waals surface area contributed by atoms with E-state index in [2.05, 4.69) is 22.6 Å². The van der Waals surface area contributed by atoms with Crippen LogP contribution in [0.4, 0.5) is 10.1 Å². The number of hydrogen-bond acceptors (Lipinski definition) is 7. The van der Waals surface area contributed by atoms with Crippen molar-refractivity contribution in [3.63, 3.8) is 0 Å². The highest BCUT2D eigenvalue weighted by Crippen LogP contribution is 2.22. The predicted octanol–water partition coefficient (Wildman–Crippen LogP) is 4.89. The van der Waals surface area contributed by atoms with Gasteiger partial charge in [-0.2, -0.15) is 0 Å². The molecule has 2 aromatic rings. The Morgan fingerprint density at radius 3 is 2.64 bits per heavy atom. The van der Waals surface area contributed by atoms with Crippen LogP contribution >= 0.6 is 12.6 Å². The van der Waals surface area contributed by atoms with Crippen molar-refractivity contribution >= 4 is 36.0 Å². The maximum atomic E-state index is 14.4. The van der Waals surface area contributed by atoms with Crippen LogP contribution in [0.5, 0.6) is 0 Å². The Labute approximate surface area is 217 Å². The minimum atomic E-state index is -0.513. The molecule has 0 atom stereocenters. The van der Waals surface area contributed by atoms with Crippen molar-refractivity contribution in [1.29, 1.82) is 0 Å². The van der Waals surface area contributed by atoms with Gasteiger partial charge in [-0.05, 0) is 56.0 Å². The molecule has 196 valence electrons. The van der Waals surface area contributed by atoms with Crippen LogP contribution in [0.15, 0.2) is 51.3 Å². The molecule has 0 aliphatic rings. The summed E-state index contributed by atoms with van der Waals surface area (Å²) in [6.45, 7) is 4.30. The van der Waals surface area contributed by atoms with Crippen LogP contribution in [0, 0.1) is 19.7 Å². The number of carbonyl (C=O) groups is 1. The molecule has 10 heteroatoms. The number of unbranched alkanes of at least 4 members (excludes halogenated alkanes) is 2. The molecular weight excluding hydrogens is 483 g/mol. The fourth-order valence-corrected chi connectivity index (χ4v) is 3.40. The number of amidine groups is 2. The van der Waals surface area contributed by atoms with E-state index in [4.69, 9.17) is 20.1 Å². The summed E-state index contributed by atoms with van der Waals surface area (Å²) in [5.41, 5.74) is 9.31. The van der Waals surface area contributed by atoms with Crippen molar-refractivity contribution in [1.82, 2.24) is 5.23 Å². The molecule has 2 aromatic carbocycles. The summed E-state index contributed by atoms with van der Waals surface area (Å²) in [5.74, 6) is -0.495. The van der Waals surface area contributed by atoms with Crippen LogP contribution in [0.2, 0.25) is 0 Å². The number of nitrogens with two attached hydrogens (primary N) is 1. The molecule has 0 aliphatic heterocycles. The lowest BCUT2D eigenvalue weighted by atomic mass is 10.0. The van der Waals surface area contributed by atoms with Gasteiger partial charge in [-0.25, -0.2) is 14.4 Å². The van der Waals surface area contributed by atoms with Crippen LogP contribution in [-0.4, -0.2) is 50.2 Å². The highest BCUT2D eigenvalue weighted by atomic mass is 32.1. The van der Waals surface area contributed by atoms with Crippen LogP contribution in [0.3, 0.4) is 0 Å². The first-order valence-electron chi connectivity index (χ1n) is 11.7. The minimum absolute atomic E-state index is 0.0784. The van der Waals surface area contributed by atoms with Crippen LogP contribution in [-0.2, 0) is 25.6 Å². The van der Waals surface area contributed by atoms with E-state index in [-0.39, 0.29) is 30.5 Å². The molecule has 0 unspecified atom stereocenters. The quantitative estimate of drug-likeness (QED) is 0.0979. The molecule has 0 bridgehead atoms. The van der Waals surface area contributed by atoms with Gasteiger partial charge in [0, 0.05) is 24.8 Å². The summed E-state index contributed by atoms with van der Waals surface area (Å²) in [4.78, 5) is 31.4. The molecule has 0 amide bonds. The minimum Gasteiger partial charge on any atom is -0.458 e. The number of esters is 1. The summed E-state index contributed by atoms with van der Waals surface area (Å²) in [6, 6.07) is 10.5. The van der Waals surface area contributed by atoms with Gasteiger partial charge in [0.25, 0.3) is 0 Å². The highest BCUT2D eigenvalue weighted by molar-refractivity contribution is 7.80. The van der Waals surface area contributed by atoms with E-state index in [1.54, 1.807) is 13.1 Å².